The van der Waals surface area contributed by atoms with Gasteiger partial charge in [-0.2, -0.15) is 0 Å². The van der Waals surface area contributed by atoms with E-state index in [0.717, 1.165) is 0 Å². The summed E-state index contributed by atoms with van der Waals surface area (Å²) >= 11 is 0. The molecule has 0 bridgehead atoms. The van der Waals surface area contributed by atoms with Crippen LogP contribution in [0.1, 0.15) is 13.3 Å². The zero-order valence-corrected chi connectivity index (χ0v) is 13.6. The van der Waals surface area contributed by atoms with Crippen LogP contribution in [-0.4, -0.2) is 48.9 Å². The van der Waals surface area contributed by atoms with Gasteiger partial charge in [0.05, 0.1) is 25.0 Å². The monoisotopic (exact) mass is 331 g/mol. The van der Waals surface area contributed by atoms with Gasteiger partial charge in [0.15, 0.2) is 0 Å². The molecule has 1 heterocycles. The minimum atomic E-state index is -0.273. The highest BCUT2D eigenvalue weighted by atomic mass is 16.5. The normalized spacial score (nSPS) is 22.6. The Kier molecular flexibility index (Phi) is 4.80. The summed E-state index contributed by atoms with van der Waals surface area (Å²) in [5, 5.41) is 5.49. The minimum absolute atomic E-state index is 0.0467. The standard InChI is InChI=1S/C17H21N3O4/c1-11(21)18-12-3-2-4-13(9-12)19-16(22)14-10-15(14)17(23)20-5-7-24-8-6-20/h2-4,9,14-15H,5-8,10H2,1H3,(H,18,21)(H,19,22). The highest BCUT2D eigenvalue weighted by molar-refractivity contribution is 6.00. The van der Waals surface area contributed by atoms with Gasteiger partial charge in [0.1, 0.15) is 0 Å². The summed E-state index contributed by atoms with van der Waals surface area (Å²) in [4.78, 5) is 37.5. The van der Waals surface area contributed by atoms with Gasteiger partial charge in [-0.3, -0.25) is 14.4 Å². The van der Waals surface area contributed by atoms with Gasteiger partial charge in [0.2, 0.25) is 17.7 Å². The molecule has 1 aliphatic heterocycles. The fourth-order valence-corrected chi connectivity index (χ4v) is 2.89. The molecule has 1 saturated carbocycles. The number of hydrogen-bond acceptors (Lipinski definition) is 4. The Morgan fingerprint density at radius 3 is 2.42 bits per heavy atom. The molecule has 3 rings (SSSR count). The molecule has 2 N–H and O–H groups in total. The van der Waals surface area contributed by atoms with Crippen molar-refractivity contribution in [3.8, 4) is 0 Å². The van der Waals surface area contributed by atoms with Crippen molar-refractivity contribution >= 4 is 29.1 Å². The van der Waals surface area contributed by atoms with Crippen molar-refractivity contribution in [3.05, 3.63) is 24.3 Å². The van der Waals surface area contributed by atoms with Crippen LogP contribution >= 0.6 is 0 Å². The second-order valence-corrected chi connectivity index (χ2v) is 6.14. The average molecular weight is 331 g/mol. The number of ether oxygens (including phenoxy) is 1. The second-order valence-electron chi connectivity index (χ2n) is 6.14. The van der Waals surface area contributed by atoms with E-state index in [0.29, 0.717) is 44.1 Å². The molecular formula is C17H21N3O4. The zero-order valence-electron chi connectivity index (χ0n) is 13.6. The fourth-order valence-electron chi connectivity index (χ4n) is 2.89. The largest absolute Gasteiger partial charge is 0.378 e. The van der Waals surface area contributed by atoms with Gasteiger partial charge in [-0.15, -0.1) is 0 Å². The van der Waals surface area contributed by atoms with Crippen LogP contribution in [0.4, 0.5) is 11.4 Å². The number of hydrogen-bond donors (Lipinski definition) is 2. The van der Waals surface area contributed by atoms with E-state index < -0.39 is 0 Å². The predicted molar refractivity (Wildman–Crippen MR) is 88.4 cm³/mol. The third-order valence-corrected chi connectivity index (χ3v) is 4.22. The van der Waals surface area contributed by atoms with Crippen molar-refractivity contribution < 1.29 is 19.1 Å². The van der Waals surface area contributed by atoms with E-state index in [1.807, 2.05) is 0 Å². The van der Waals surface area contributed by atoms with Gasteiger partial charge < -0.3 is 20.3 Å². The first-order chi connectivity index (χ1) is 11.5. The van der Waals surface area contributed by atoms with E-state index in [4.69, 9.17) is 4.74 Å². The number of morpholine rings is 1. The van der Waals surface area contributed by atoms with Crippen LogP contribution in [-0.2, 0) is 19.1 Å². The molecule has 24 heavy (non-hydrogen) atoms. The Morgan fingerprint density at radius 1 is 1.08 bits per heavy atom. The van der Waals surface area contributed by atoms with Crippen molar-refractivity contribution in [3.63, 3.8) is 0 Å². The lowest BCUT2D eigenvalue weighted by Crippen LogP contribution is -2.42. The lowest BCUT2D eigenvalue weighted by Gasteiger charge is -2.27. The number of carbonyl (C=O) groups excluding carboxylic acids is 3. The smallest absolute Gasteiger partial charge is 0.228 e. The van der Waals surface area contributed by atoms with Gasteiger partial charge in [-0.25, -0.2) is 0 Å². The number of carbonyl (C=O) groups is 3. The Hall–Kier alpha value is -2.41. The first kappa shape index (κ1) is 16.4. The van der Waals surface area contributed by atoms with Gasteiger partial charge in [0, 0.05) is 31.4 Å². The molecule has 7 nitrogen and oxygen atoms in total. The van der Waals surface area contributed by atoms with Crippen molar-refractivity contribution in [2.45, 2.75) is 13.3 Å². The molecule has 1 saturated heterocycles. The summed E-state index contributed by atoms with van der Waals surface area (Å²) in [5.74, 6) is -0.768. The average Bonchev–Trinajstić information content (AvgIpc) is 3.35. The predicted octanol–water partition coefficient (Wildman–Crippen LogP) is 1.08. The molecule has 0 spiro atoms. The Balaban J connectivity index is 1.54. The van der Waals surface area contributed by atoms with Crippen LogP contribution in [0.15, 0.2) is 24.3 Å². The Morgan fingerprint density at radius 2 is 1.75 bits per heavy atom. The molecule has 2 unspecified atom stereocenters. The van der Waals surface area contributed by atoms with Crippen LogP contribution < -0.4 is 10.6 Å². The Labute approximate surface area is 140 Å². The first-order valence-electron chi connectivity index (χ1n) is 8.09. The molecule has 1 aromatic carbocycles. The van der Waals surface area contributed by atoms with E-state index in [1.54, 1.807) is 29.2 Å². The van der Waals surface area contributed by atoms with Gasteiger partial charge in [-0.1, -0.05) is 6.07 Å². The highest BCUT2D eigenvalue weighted by Crippen LogP contribution is 2.41. The van der Waals surface area contributed by atoms with Gasteiger partial charge >= 0.3 is 0 Å². The quantitative estimate of drug-likeness (QED) is 0.864. The van der Waals surface area contributed by atoms with Gasteiger partial charge in [0.25, 0.3) is 0 Å². The molecule has 3 amide bonds. The summed E-state index contributed by atoms with van der Waals surface area (Å²) in [5.41, 5.74) is 1.23. The summed E-state index contributed by atoms with van der Waals surface area (Å²) < 4.78 is 5.24. The number of amides is 3. The van der Waals surface area contributed by atoms with E-state index in [9.17, 15) is 14.4 Å². The fraction of sp³-hybridized carbons (Fsp3) is 0.471. The van der Waals surface area contributed by atoms with Crippen molar-refractivity contribution in [2.75, 3.05) is 36.9 Å². The first-order valence-corrected chi connectivity index (χ1v) is 8.09. The van der Waals surface area contributed by atoms with Crippen LogP contribution in [0.3, 0.4) is 0 Å². The van der Waals surface area contributed by atoms with Crippen LogP contribution in [0.5, 0.6) is 0 Å². The maximum atomic E-state index is 12.3. The van der Waals surface area contributed by atoms with Crippen LogP contribution in [0.25, 0.3) is 0 Å². The van der Waals surface area contributed by atoms with Gasteiger partial charge in [-0.05, 0) is 24.6 Å². The minimum Gasteiger partial charge on any atom is -0.378 e. The van der Waals surface area contributed by atoms with Crippen molar-refractivity contribution in [1.29, 1.82) is 0 Å². The molecule has 0 aromatic heterocycles. The number of nitrogens with one attached hydrogen (secondary N) is 2. The molecular weight excluding hydrogens is 310 g/mol. The molecule has 0 radical (unpaired) electrons. The third kappa shape index (κ3) is 3.91. The molecule has 2 fully saturated rings. The summed E-state index contributed by atoms with van der Waals surface area (Å²) in [6, 6.07) is 6.95. The summed E-state index contributed by atoms with van der Waals surface area (Å²) in [6.07, 6.45) is 0.591. The van der Waals surface area contributed by atoms with Crippen molar-refractivity contribution in [1.82, 2.24) is 4.90 Å². The van der Waals surface area contributed by atoms with Crippen molar-refractivity contribution in [2.24, 2.45) is 11.8 Å². The van der Waals surface area contributed by atoms with Crippen LogP contribution in [0, 0.1) is 11.8 Å². The lowest BCUT2D eigenvalue weighted by molar-refractivity contribution is -0.137. The molecule has 7 heteroatoms. The van der Waals surface area contributed by atoms with E-state index in [1.165, 1.54) is 6.92 Å². The molecule has 1 aliphatic carbocycles. The van der Waals surface area contributed by atoms with E-state index in [2.05, 4.69) is 10.6 Å². The highest BCUT2D eigenvalue weighted by Gasteiger charge is 2.49. The lowest BCUT2D eigenvalue weighted by atomic mass is 10.2. The number of nitrogens with zero attached hydrogens (tertiary/aromatic N) is 1. The number of anilines is 2. The van der Waals surface area contributed by atoms with E-state index in [-0.39, 0.29) is 29.6 Å². The molecule has 1 aromatic rings. The Bertz CT molecular complexity index is 655. The zero-order chi connectivity index (χ0) is 17.1. The number of benzene rings is 1. The maximum absolute atomic E-state index is 12.3. The maximum Gasteiger partial charge on any atom is 0.228 e. The topological polar surface area (TPSA) is 87.7 Å². The van der Waals surface area contributed by atoms with Crippen LogP contribution in [0.2, 0.25) is 0 Å². The van der Waals surface area contributed by atoms with E-state index >= 15 is 0 Å². The molecule has 2 atom stereocenters. The SMILES string of the molecule is CC(=O)Nc1cccc(NC(=O)C2CC2C(=O)N2CCOCC2)c1. The molecule has 2 aliphatic rings. The number of rotatable bonds is 4. The summed E-state index contributed by atoms with van der Waals surface area (Å²) in [7, 11) is 0. The third-order valence-electron chi connectivity index (χ3n) is 4.22. The summed E-state index contributed by atoms with van der Waals surface area (Å²) in [6.45, 7) is 3.75. The molecule has 128 valence electrons. The second kappa shape index (κ2) is 7.00.